The minimum Gasteiger partial charge on any atom is -0.503 e. The van der Waals surface area contributed by atoms with Gasteiger partial charge in [-0.15, -0.1) is 11.3 Å². The molecular formula is C25H23NO5S. The normalized spacial score (nSPS) is 15.9. The molecule has 2 heterocycles. The summed E-state index contributed by atoms with van der Waals surface area (Å²) in [5, 5.41) is 12.6. The van der Waals surface area contributed by atoms with E-state index in [1.807, 2.05) is 31.2 Å². The van der Waals surface area contributed by atoms with Crippen molar-refractivity contribution < 1.29 is 24.2 Å². The second-order valence-corrected chi connectivity index (χ2v) is 8.21. The molecule has 0 radical (unpaired) electrons. The third-order valence-corrected chi connectivity index (χ3v) is 6.09. The number of rotatable bonds is 8. The molecule has 0 aliphatic carbocycles. The van der Waals surface area contributed by atoms with Crippen LogP contribution in [0.4, 0.5) is 5.69 Å². The van der Waals surface area contributed by atoms with Crippen molar-refractivity contribution >= 4 is 28.7 Å². The number of carbonyl (C=O) groups is 2. The molecule has 7 heteroatoms. The molecule has 0 spiro atoms. The number of anilines is 1. The molecule has 1 aromatic heterocycles. The molecule has 0 fully saturated rings. The van der Waals surface area contributed by atoms with Crippen LogP contribution < -0.4 is 14.4 Å². The fourth-order valence-electron chi connectivity index (χ4n) is 3.67. The molecule has 2 aromatic carbocycles. The van der Waals surface area contributed by atoms with E-state index in [-0.39, 0.29) is 11.4 Å². The number of carbonyl (C=O) groups excluding carboxylic acids is 2. The van der Waals surface area contributed by atoms with E-state index < -0.39 is 17.7 Å². The maximum atomic E-state index is 13.3. The van der Waals surface area contributed by atoms with Crippen molar-refractivity contribution in [3.8, 4) is 11.5 Å². The number of nitrogens with zero attached hydrogens (tertiary/aromatic N) is 1. The zero-order valence-corrected chi connectivity index (χ0v) is 18.6. The third kappa shape index (κ3) is 3.99. The fourth-order valence-corrected chi connectivity index (χ4v) is 4.35. The number of amides is 1. The van der Waals surface area contributed by atoms with Crippen molar-refractivity contribution in [2.75, 3.05) is 18.6 Å². The van der Waals surface area contributed by atoms with Gasteiger partial charge < -0.3 is 14.6 Å². The number of ether oxygens (including phenoxy) is 2. The first-order valence-electron chi connectivity index (χ1n) is 10.3. The summed E-state index contributed by atoms with van der Waals surface area (Å²) in [6.45, 7) is 2.63. The van der Waals surface area contributed by atoms with Crippen molar-refractivity contribution in [2.24, 2.45) is 0 Å². The number of thiophene rings is 1. The largest absolute Gasteiger partial charge is 0.503 e. The van der Waals surface area contributed by atoms with E-state index >= 15 is 0 Å². The first kappa shape index (κ1) is 21.6. The highest BCUT2D eigenvalue weighted by molar-refractivity contribution is 7.12. The lowest BCUT2D eigenvalue weighted by Crippen LogP contribution is -2.31. The lowest BCUT2D eigenvalue weighted by Gasteiger charge is -2.27. The summed E-state index contributed by atoms with van der Waals surface area (Å²) in [5.41, 5.74) is 1.31. The molecule has 0 saturated carbocycles. The van der Waals surface area contributed by atoms with Gasteiger partial charge in [-0.1, -0.05) is 25.1 Å². The predicted molar refractivity (Wildman–Crippen MR) is 124 cm³/mol. The van der Waals surface area contributed by atoms with Gasteiger partial charge in [-0.2, -0.15) is 0 Å². The number of methoxy groups -OCH3 is 1. The van der Waals surface area contributed by atoms with E-state index in [0.29, 0.717) is 34.2 Å². The van der Waals surface area contributed by atoms with Gasteiger partial charge in [0.05, 0.1) is 30.2 Å². The summed E-state index contributed by atoms with van der Waals surface area (Å²) < 4.78 is 10.9. The minimum absolute atomic E-state index is 0.0653. The van der Waals surface area contributed by atoms with E-state index in [4.69, 9.17) is 9.47 Å². The first-order valence-corrected chi connectivity index (χ1v) is 11.1. The molecule has 1 atom stereocenters. The standard InChI is InChI=1S/C25H23NO5S/c1-3-14-31-19-10-6-16(7-11-19)22-21(23(27)20-5-4-15-32-20)24(28)25(29)26(22)17-8-12-18(30-2)13-9-17/h4-13,15,22,28H,3,14H2,1-2H3. The first-order chi connectivity index (χ1) is 15.5. The molecule has 164 valence electrons. The van der Waals surface area contributed by atoms with Crippen molar-refractivity contribution in [1.29, 1.82) is 0 Å². The van der Waals surface area contributed by atoms with Gasteiger partial charge in [0.1, 0.15) is 11.5 Å². The van der Waals surface area contributed by atoms with Crippen LogP contribution in [0.3, 0.4) is 0 Å². The van der Waals surface area contributed by atoms with Crippen LogP contribution in [0.15, 0.2) is 77.4 Å². The minimum atomic E-state index is -0.772. The Bertz CT molecular complexity index is 1130. The highest BCUT2D eigenvalue weighted by Crippen LogP contribution is 2.42. The number of aliphatic hydroxyl groups is 1. The topological polar surface area (TPSA) is 76.1 Å². The Morgan fingerprint density at radius 2 is 1.75 bits per heavy atom. The van der Waals surface area contributed by atoms with Gasteiger partial charge in [0.25, 0.3) is 5.91 Å². The Morgan fingerprint density at radius 1 is 1.06 bits per heavy atom. The molecule has 0 saturated heterocycles. The molecule has 1 unspecified atom stereocenters. The predicted octanol–water partition coefficient (Wildman–Crippen LogP) is 5.33. The monoisotopic (exact) mass is 449 g/mol. The van der Waals surface area contributed by atoms with Crippen LogP contribution in [-0.4, -0.2) is 30.5 Å². The Kier molecular flexibility index (Phi) is 6.28. The fraction of sp³-hybridized carbons (Fsp3) is 0.200. The molecule has 1 amide bonds. The molecule has 4 rings (SSSR count). The summed E-state index contributed by atoms with van der Waals surface area (Å²) in [6.07, 6.45) is 0.889. The summed E-state index contributed by atoms with van der Waals surface area (Å²) in [4.78, 5) is 28.4. The van der Waals surface area contributed by atoms with Crippen LogP contribution in [0.1, 0.15) is 34.6 Å². The number of Topliss-reactive ketones (excluding diaryl/α,β-unsaturated/α-hetero) is 1. The lowest BCUT2D eigenvalue weighted by atomic mass is 9.95. The highest BCUT2D eigenvalue weighted by atomic mass is 32.1. The second-order valence-electron chi connectivity index (χ2n) is 7.26. The van der Waals surface area contributed by atoms with Gasteiger partial charge in [0.15, 0.2) is 5.76 Å². The number of benzene rings is 2. The van der Waals surface area contributed by atoms with E-state index in [1.165, 1.54) is 16.2 Å². The third-order valence-electron chi connectivity index (χ3n) is 5.22. The summed E-state index contributed by atoms with van der Waals surface area (Å²) in [6, 6.07) is 16.9. The zero-order chi connectivity index (χ0) is 22.7. The molecular weight excluding hydrogens is 426 g/mol. The average molecular weight is 450 g/mol. The summed E-state index contributed by atoms with van der Waals surface area (Å²) in [5.74, 6) is -0.170. The van der Waals surface area contributed by atoms with Crippen LogP contribution in [0.2, 0.25) is 0 Å². The Hall–Kier alpha value is -3.58. The molecule has 3 aromatic rings. The second kappa shape index (κ2) is 9.28. The molecule has 0 bridgehead atoms. The quantitative estimate of drug-likeness (QED) is 0.471. The number of aliphatic hydroxyl groups excluding tert-OH is 1. The zero-order valence-electron chi connectivity index (χ0n) is 17.8. The van der Waals surface area contributed by atoms with Gasteiger partial charge in [0, 0.05) is 5.69 Å². The Labute approximate surface area is 190 Å². The Morgan fingerprint density at radius 3 is 2.34 bits per heavy atom. The van der Waals surface area contributed by atoms with Crippen molar-refractivity contribution in [3.63, 3.8) is 0 Å². The van der Waals surface area contributed by atoms with Crippen LogP contribution in [-0.2, 0) is 4.79 Å². The van der Waals surface area contributed by atoms with Crippen LogP contribution in [0.5, 0.6) is 11.5 Å². The van der Waals surface area contributed by atoms with Crippen molar-refractivity contribution in [1.82, 2.24) is 0 Å². The van der Waals surface area contributed by atoms with Crippen molar-refractivity contribution in [2.45, 2.75) is 19.4 Å². The Balaban J connectivity index is 1.79. The van der Waals surface area contributed by atoms with Crippen molar-refractivity contribution in [3.05, 3.63) is 87.8 Å². The molecule has 1 aliphatic heterocycles. The number of hydrogen-bond acceptors (Lipinski definition) is 6. The van der Waals surface area contributed by atoms with Crippen LogP contribution in [0.25, 0.3) is 0 Å². The lowest BCUT2D eigenvalue weighted by molar-refractivity contribution is -0.117. The van der Waals surface area contributed by atoms with Gasteiger partial charge in [-0.25, -0.2) is 0 Å². The summed E-state index contributed by atoms with van der Waals surface area (Å²) in [7, 11) is 1.56. The van der Waals surface area contributed by atoms with Crippen LogP contribution >= 0.6 is 11.3 Å². The number of hydrogen-bond donors (Lipinski definition) is 1. The maximum absolute atomic E-state index is 13.3. The SMILES string of the molecule is CCCOc1ccc(C2C(C(=O)c3cccs3)=C(O)C(=O)N2c2ccc(OC)cc2)cc1. The molecule has 1 N–H and O–H groups in total. The average Bonchev–Trinajstić information content (AvgIpc) is 3.45. The molecule has 32 heavy (non-hydrogen) atoms. The molecule has 6 nitrogen and oxygen atoms in total. The van der Waals surface area contributed by atoms with Gasteiger partial charge >= 0.3 is 0 Å². The maximum Gasteiger partial charge on any atom is 0.294 e. The smallest absolute Gasteiger partial charge is 0.294 e. The number of ketones is 1. The van der Waals surface area contributed by atoms with Crippen LogP contribution in [0, 0.1) is 0 Å². The van der Waals surface area contributed by atoms with Gasteiger partial charge in [0.2, 0.25) is 5.78 Å². The van der Waals surface area contributed by atoms with E-state index in [2.05, 4.69) is 0 Å². The van der Waals surface area contributed by atoms with E-state index in [0.717, 1.165) is 6.42 Å². The van der Waals surface area contributed by atoms with E-state index in [9.17, 15) is 14.7 Å². The molecule has 1 aliphatic rings. The van der Waals surface area contributed by atoms with E-state index in [1.54, 1.807) is 48.9 Å². The summed E-state index contributed by atoms with van der Waals surface area (Å²) >= 11 is 1.27. The van der Waals surface area contributed by atoms with Gasteiger partial charge in [-0.05, 0) is 59.8 Å². The highest BCUT2D eigenvalue weighted by Gasteiger charge is 2.44. The van der Waals surface area contributed by atoms with Gasteiger partial charge in [-0.3, -0.25) is 14.5 Å².